The van der Waals surface area contributed by atoms with Gasteiger partial charge in [-0.1, -0.05) is 26.7 Å². The van der Waals surface area contributed by atoms with E-state index in [1.54, 1.807) is 6.07 Å². The van der Waals surface area contributed by atoms with Crippen LogP contribution in [0.25, 0.3) is 21.8 Å². The molecule has 164 valence electrons. The van der Waals surface area contributed by atoms with Crippen LogP contribution in [0.2, 0.25) is 0 Å². The number of nitrogens with zero attached hydrogens (tertiary/aromatic N) is 1. The van der Waals surface area contributed by atoms with E-state index >= 15 is 0 Å². The molecule has 0 aliphatic rings. The van der Waals surface area contributed by atoms with Crippen LogP contribution in [0.3, 0.4) is 0 Å². The second-order valence-corrected chi connectivity index (χ2v) is 8.00. The summed E-state index contributed by atoms with van der Waals surface area (Å²) in [5.74, 6) is -0.00659. The Kier molecular flexibility index (Phi) is 7.89. The number of carboxylic acids is 1. The van der Waals surface area contributed by atoms with Crippen LogP contribution in [0.1, 0.15) is 49.9 Å². The van der Waals surface area contributed by atoms with Crippen LogP contribution in [-0.4, -0.2) is 34.4 Å². The number of phenols is 1. The minimum atomic E-state index is -1.18. The van der Waals surface area contributed by atoms with Crippen LogP contribution in [-0.2, 0) is 0 Å². The zero-order valence-electron chi connectivity index (χ0n) is 17.8. The van der Waals surface area contributed by atoms with Crippen molar-refractivity contribution in [2.75, 3.05) is 13.2 Å². The standard InChI is InChI=1S/C24H27NO5S/c1-3-5-11-29-21-10-8-17(14-22(21)30-12-6-4-2)23-25-19(15-31-23)16-7-9-20(26)18(13-16)24(27)28/h7-10,13-15,26H,3-6,11-12H2,1-2H3,(H,27,28). The van der Waals surface area contributed by atoms with Crippen molar-refractivity contribution in [2.24, 2.45) is 0 Å². The molecule has 31 heavy (non-hydrogen) atoms. The van der Waals surface area contributed by atoms with Gasteiger partial charge in [0.2, 0.25) is 0 Å². The van der Waals surface area contributed by atoms with Gasteiger partial charge in [0.1, 0.15) is 16.3 Å². The molecule has 7 heteroatoms. The van der Waals surface area contributed by atoms with Crippen molar-refractivity contribution < 1.29 is 24.5 Å². The minimum Gasteiger partial charge on any atom is -0.507 e. The molecule has 3 aromatic rings. The van der Waals surface area contributed by atoms with Gasteiger partial charge in [0.05, 0.1) is 18.9 Å². The third-order valence-electron chi connectivity index (χ3n) is 4.73. The summed E-state index contributed by atoms with van der Waals surface area (Å²) in [4.78, 5) is 16.0. The molecule has 0 unspecified atom stereocenters. The summed E-state index contributed by atoms with van der Waals surface area (Å²) in [6.45, 7) is 5.51. The summed E-state index contributed by atoms with van der Waals surface area (Å²) < 4.78 is 11.9. The van der Waals surface area contributed by atoms with E-state index in [1.165, 1.54) is 23.5 Å². The molecule has 6 nitrogen and oxygen atoms in total. The normalized spacial score (nSPS) is 10.8. The van der Waals surface area contributed by atoms with E-state index in [4.69, 9.17) is 9.47 Å². The maximum atomic E-state index is 11.3. The average Bonchev–Trinajstić information content (AvgIpc) is 3.25. The van der Waals surface area contributed by atoms with Gasteiger partial charge in [-0.25, -0.2) is 9.78 Å². The second kappa shape index (κ2) is 10.8. The van der Waals surface area contributed by atoms with Crippen LogP contribution in [0.4, 0.5) is 0 Å². The Morgan fingerprint density at radius 1 is 0.968 bits per heavy atom. The molecule has 0 atom stereocenters. The van der Waals surface area contributed by atoms with Gasteiger partial charge >= 0.3 is 5.97 Å². The lowest BCUT2D eigenvalue weighted by atomic mass is 10.1. The van der Waals surface area contributed by atoms with Gasteiger partial charge < -0.3 is 19.7 Å². The number of carbonyl (C=O) groups is 1. The minimum absolute atomic E-state index is 0.146. The Hall–Kier alpha value is -3.06. The number of benzene rings is 2. The highest BCUT2D eigenvalue weighted by Gasteiger charge is 2.15. The van der Waals surface area contributed by atoms with Gasteiger partial charge in [-0.05, 0) is 49.2 Å². The third kappa shape index (κ3) is 5.76. The highest BCUT2D eigenvalue weighted by Crippen LogP contribution is 2.36. The molecule has 0 bridgehead atoms. The lowest BCUT2D eigenvalue weighted by Gasteiger charge is -2.13. The Labute approximate surface area is 186 Å². The Morgan fingerprint density at radius 3 is 2.32 bits per heavy atom. The third-order valence-corrected chi connectivity index (χ3v) is 5.62. The quantitative estimate of drug-likeness (QED) is 0.343. The SMILES string of the molecule is CCCCOc1ccc(-c2nc(-c3ccc(O)c(C(=O)O)c3)cs2)cc1OCCCC. The fourth-order valence-corrected chi connectivity index (χ4v) is 3.76. The Balaban J connectivity index is 1.87. The summed E-state index contributed by atoms with van der Waals surface area (Å²) in [5.41, 5.74) is 2.05. The molecule has 3 rings (SSSR count). The number of unbranched alkanes of at least 4 members (excludes halogenated alkanes) is 2. The van der Waals surface area contributed by atoms with Crippen molar-refractivity contribution >= 4 is 17.3 Å². The van der Waals surface area contributed by atoms with Crippen molar-refractivity contribution in [3.8, 4) is 39.1 Å². The predicted molar refractivity (Wildman–Crippen MR) is 122 cm³/mol. The van der Waals surface area contributed by atoms with Crippen LogP contribution in [0, 0.1) is 0 Å². The van der Waals surface area contributed by atoms with Crippen LogP contribution < -0.4 is 9.47 Å². The maximum Gasteiger partial charge on any atom is 0.339 e. The molecule has 2 N–H and O–H groups in total. The number of aromatic hydroxyl groups is 1. The molecule has 0 spiro atoms. The fourth-order valence-electron chi connectivity index (χ4n) is 2.93. The molecule has 0 amide bonds. The largest absolute Gasteiger partial charge is 0.507 e. The van der Waals surface area contributed by atoms with Gasteiger partial charge in [-0.2, -0.15) is 0 Å². The van der Waals surface area contributed by atoms with Gasteiger partial charge in [-0.15, -0.1) is 11.3 Å². The fraction of sp³-hybridized carbons (Fsp3) is 0.333. The van der Waals surface area contributed by atoms with Gasteiger partial charge in [-0.3, -0.25) is 0 Å². The molecule has 2 aromatic carbocycles. The van der Waals surface area contributed by atoms with E-state index in [0.717, 1.165) is 42.0 Å². The molecule has 0 radical (unpaired) electrons. The molecule has 1 aromatic heterocycles. The Bertz CT molecular complexity index is 1030. The summed E-state index contributed by atoms with van der Waals surface area (Å²) in [6, 6.07) is 10.3. The molecular weight excluding hydrogens is 414 g/mol. The average molecular weight is 442 g/mol. The van der Waals surface area contributed by atoms with Gasteiger partial charge in [0.25, 0.3) is 0 Å². The monoisotopic (exact) mass is 441 g/mol. The summed E-state index contributed by atoms with van der Waals surface area (Å²) in [5, 5.41) is 21.6. The first-order valence-electron chi connectivity index (χ1n) is 10.5. The number of aromatic nitrogens is 1. The van der Waals surface area contributed by atoms with Crippen LogP contribution >= 0.6 is 11.3 Å². The summed E-state index contributed by atoms with van der Waals surface area (Å²) >= 11 is 1.46. The molecule has 0 saturated heterocycles. The first kappa shape index (κ1) is 22.6. The molecule has 0 fully saturated rings. The van der Waals surface area contributed by atoms with Crippen molar-refractivity contribution in [2.45, 2.75) is 39.5 Å². The van der Waals surface area contributed by atoms with Crippen molar-refractivity contribution in [3.05, 3.63) is 47.3 Å². The molecule has 0 aliphatic heterocycles. The van der Waals surface area contributed by atoms with Crippen LogP contribution in [0.5, 0.6) is 17.2 Å². The molecule has 0 aliphatic carbocycles. The van der Waals surface area contributed by atoms with Crippen molar-refractivity contribution in [1.82, 2.24) is 4.98 Å². The van der Waals surface area contributed by atoms with E-state index in [0.29, 0.717) is 30.2 Å². The summed E-state index contributed by atoms with van der Waals surface area (Å²) in [6.07, 6.45) is 4.06. The van der Waals surface area contributed by atoms with Crippen molar-refractivity contribution in [1.29, 1.82) is 0 Å². The number of thiazole rings is 1. The van der Waals surface area contributed by atoms with E-state index in [9.17, 15) is 15.0 Å². The molecule has 0 saturated carbocycles. The zero-order valence-corrected chi connectivity index (χ0v) is 18.6. The topological polar surface area (TPSA) is 88.9 Å². The van der Waals surface area contributed by atoms with E-state index < -0.39 is 5.97 Å². The number of ether oxygens (including phenoxy) is 2. The van der Waals surface area contributed by atoms with E-state index in [1.807, 2.05) is 23.6 Å². The first-order chi connectivity index (χ1) is 15.0. The van der Waals surface area contributed by atoms with Crippen LogP contribution in [0.15, 0.2) is 41.8 Å². The smallest absolute Gasteiger partial charge is 0.339 e. The van der Waals surface area contributed by atoms with E-state index in [-0.39, 0.29) is 11.3 Å². The van der Waals surface area contributed by atoms with Crippen molar-refractivity contribution in [3.63, 3.8) is 0 Å². The zero-order chi connectivity index (χ0) is 22.2. The molecular formula is C24H27NO5S. The first-order valence-corrected chi connectivity index (χ1v) is 11.3. The number of aromatic carboxylic acids is 1. The number of carboxylic acid groups (broad SMARTS) is 1. The number of rotatable bonds is 11. The highest BCUT2D eigenvalue weighted by atomic mass is 32.1. The van der Waals surface area contributed by atoms with E-state index in [2.05, 4.69) is 18.8 Å². The lowest BCUT2D eigenvalue weighted by molar-refractivity contribution is 0.0694. The highest BCUT2D eigenvalue weighted by molar-refractivity contribution is 7.13. The number of hydrogen-bond donors (Lipinski definition) is 2. The predicted octanol–water partition coefficient (Wildman–Crippen LogP) is 6.24. The Morgan fingerprint density at radius 2 is 1.65 bits per heavy atom. The van der Waals surface area contributed by atoms with Gasteiger partial charge in [0.15, 0.2) is 11.5 Å². The molecule has 1 heterocycles. The lowest BCUT2D eigenvalue weighted by Crippen LogP contribution is -2.02. The maximum absolute atomic E-state index is 11.3. The summed E-state index contributed by atoms with van der Waals surface area (Å²) in [7, 11) is 0. The second-order valence-electron chi connectivity index (χ2n) is 7.14. The van der Waals surface area contributed by atoms with Gasteiger partial charge in [0, 0.05) is 16.5 Å². The number of hydrogen-bond acceptors (Lipinski definition) is 6.